The van der Waals surface area contributed by atoms with Crippen molar-refractivity contribution in [2.24, 2.45) is 0 Å². The molecule has 0 radical (unpaired) electrons. The van der Waals surface area contributed by atoms with Crippen LogP contribution < -0.4 is 10.5 Å². The Balaban J connectivity index is 1.43. The number of carbonyl (C=O) groups is 2. The zero-order valence-corrected chi connectivity index (χ0v) is 21.3. The van der Waals surface area contributed by atoms with Crippen LogP contribution in [0.5, 0.6) is 11.5 Å². The molecule has 0 bridgehead atoms. The van der Waals surface area contributed by atoms with Gasteiger partial charge in [0.2, 0.25) is 5.91 Å². The smallest absolute Gasteiger partial charge is 0.330 e. The quantitative estimate of drug-likeness (QED) is 0.231. The highest BCUT2D eigenvalue weighted by Gasteiger charge is 2.28. The number of carbonyl (C=O) groups excluding carboxylic acids is 2. The number of piperidine rings is 1. The van der Waals surface area contributed by atoms with Crippen LogP contribution in [0.4, 0.5) is 5.82 Å². The second-order valence-electron chi connectivity index (χ2n) is 8.99. The molecule has 0 spiro atoms. The number of nitrogens with two attached hydrogens (primary N) is 1. The van der Waals surface area contributed by atoms with Crippen LogP contribution in [0, 0.1) is 12.3 Å². The molecule has 10 nitrogen and oxygen atoms in total. The molecule has 1 aliphatic rings. The maximum absolute atomic E-state index is 12.7. The molecule has 1 saturated heterocycles. The van der Waals surface area contributed by atoms with E-state index >= 15 is 0 Å². The molecule has 2 N–H and O–H groups in total. The number of methoxy groups -OCH3 is 1. The van der Waals surface area contributed by atoms with Gasteiger partial charge >= 0.3 is 5.97 Å². The Morgan fingerprint density at radius 1 is 1.13 bits per heavy atom. The molecule has 10 heteroatoms. The lowest BCUT2D eigenvalue weighted by Gasteiger charge is -2.32. The van der Waals surface area contributed by atoms with Gasteiger partial charge in [0.15, 0.2) is 5.65 Å². The first-order valence-electron chi connectivity index (χ1n) is 12.4. The number of terminal acetylenes is 1. The van der Waals surface area contributed by atoms with Gasteiger partial charge < -0.3 is 20.1 Å². The number of benzene rings is 2. The third-order valence-electron chi connectivity index (χ3n) is 6.50. The molecular formula is C29H26N6O4. The number of nitrogens with zero attached hydrogens (tertiary/aromatic N) is 5. The summed E-state index contributed by atoms with van der Waals surface area (Å²) in [5.74, 6) is 3.36. The van der Waals surface area contributed by atoms with Crippen molar-refractivity contribution in [2.45, 2.75) is 18.9 Å². The fourth-order valence-electron chi connectivity index (χ4n) is 4.59. The summed E-state index contributed by atoms with van der Waals surface area (Å²) in [6, 6.07) is 14.7. The standard InChI is InChI=1S/C29H26N6O4/c1-3-19-6-4-8-23(16-19)39-22-11-9-20(10-12-22)27-26-28(30)31-18-32-29(26)35(33-27)21-7-5-15-34(17-21)24(36)13-14-25(37)38-2/h1,4,6,8-14,16,18,21H,5,7,15,17H2,2H3,(H2,30,31,32)/b14-13+/t21-/m1/s1. The summed E-state index contributed by atoms with van der Waals surface area (Å²) >= 11 is 0. The molecule has 196 valence electrons. The number of ether oxygens (including phenoxy) is 2. The Morgan fingerprint density at radius 2 is 1.95 bits per heavy atom. The number of anilines is 1. The van der Waals surface area contributed by atoms with Gasteiger partial charge in [-0.05, 0) is 55.3 Å². The van der Waals surface area contributed by atoms with Crippen LogP contribution in [0.25, 0.3) is 22.3 Å². The van der Waals surface area contributed by atoms with Gasteiger partial charge in [-0.2, -0.15) is 5.10 Å². The molecule has 5 rings (SSSR count). The number of fused-ring (bicyclic) bond motifs is 1. The highest BCUT2D eigenvalue weighted by molar-refractivity contribution is 5.98. The van der Waals surface area contributed by atoms with E-state index in [0.29, 0.717) is 47.1 Å². The highest BCUT2D eigenvalue weighted by Crippen LogP contribution is 2.35. The molecule has 0 unspecified atom stereocenters. The lowest BCUT2D eigenvalue weighted by atomic mass is 10.1. The van der Waals surface area contributed by atoms with E-state index in [0.717, 1.165) is 30.0 Å². The van der Waals surface area contributed by atoms with Gasteiger partial charge in [0.25, 0.3) is 0 Å². The molecule has 0 saturated carbocycles. The van der Waals surface area contributed by atoms with Gasteiger partial charge in [-0.15, -0.1) is 6.42 Å². The zero-order chi connectivity index (χ0) is 27.4. The van der Waals surface area contributed by atoms with Gasteiger partial charge in [-0.3, -0.25) is 4.79 Å². The summed E-state index contributed by atoms with van der Waals surface area (Å²) in [5.41, 5.74) is 9.07. The van der Waals surface area contributed by atoms with Crippen molar-refractivity contribution in [3.63, 3.8) is 0 Å². The van der Waals surface area contributed by atoms with Crippen LogP contribution in [-0.2, 0) is 14.3 Å². The lowest BCUT2D eigenvalue weighted by molar-refractivity contribution is -0.135. The van der Waals surface area contributed by atoms with Gasteiger partial charge in [0.1, 0.15) is 29.3 Å². The van der Waals surface area contributed by atoms with E-state index in [1.807, 2.05) is 47.1 Å². The number of likely N-dealkylation sites (tertiary alicyclic amines) is 1. The summed E-state index contributed by atoms with van der Waals surface area (Å²) in [5, 5.41) is 5.54. The van der Waals surface area contributed by atoms with Gasteiger partial charge in [0.05, 0.1) is 18.5 Å². The summed E-state index contributed by atoms with van der Waals surface area (Å²) in [6.07, 6.45) is 10.8. The fourth-order valence-corrected chi connectivity index (χ4v) is 4.59. The average Bonchev–Trinajstić information content (AvgIpc) is 3.37. The van der Waals surface area contributed by atoms with E-state index in [2.05, 4.69) is 20.6 Å². The van der Waals surface area contributed by atoms with Crippen molar-refractivity contribution in [3.05, 3.63) is 72.6 Å². The molecule has 0 aliphatic carbocycles. The minimum absolute atomic E-state index is 0.134. The monoisotopic (exact) mass is 522 g/mol. The van der Waals surface area contributed by atoms with Crippen molar-refractivity contribution in [1.82, 2.24) is 24.6 Å². The highest BCUT2D eigenvalue weighted by atomic mass is 16.5. The van der Waals surface area contributed by atoms with Crippen LogP contribution >= 0.6 is 0 Å². The van der Waals surface area contributed by atoms with E-state index in [1.54, 1.807) is 11.0 Å². The largest absolute Gasteiger partial charge is 0.466 e. The van der Waals surface area contributed by atoms with Crippen LogP contribution in [0.1, 0.15) is 24.4 Å². The van der Waals surface area contributed by atoms with E-state index in [9.17, 15) is 9.59 Å². The van der Waals surface area contributed by atoms with Crippen molar-refractivity contribution in [3.8, 4) is 35.1 Å². The Kier molecular flexibility index (Phi) is 7.23. The number of amides is 1. The maximum Gasteiger partial charge on any atom is 0.330 e. The Hall–Kier alpha value is -5.17. The molecule has 3 heterocycles. The molecule has 2 aromatic heterocycles. The third-order valence-corrected chi connectivity index (χ3v) is 6.50. The van der Waals surface area contributed by atoms with Crippen LogP contribution in [-0.4, -0.2) is 56.7 Å². The van der Waals surface area contributed by atoms with E-state index in [4.69, 9.17) is 22.0 Å². The van der Waals surface area contributed by atoms with Gasteiger partial charge in [-0.1, -0.05) is 12.0 Å². The molecule has 1 aliphatic heterocycles. The minimum Gasteiger partial charge on any atom is -0.466 e. The van der Waals surface area contributed by atoms with Crippen molar-refractivity contribution in [1.29, 1.82) is 0 Å². The number of hydrogen-bond acceptors (Lipinski definition) is 8. The number of aromatic nitrogens is 4. The summed E-state index contributed by atoms with van der Waals surface area (Å²) in [6.45, 7) is 0.990. The predicted octanol–water partition coefficient (Wildman–Crippen LogP) is 3.74. The Bertz CT molecular complexity index is 1600. The number of esters is 1. The van der Waals surface area contributed by atoms with E-state index in [1.165, 1.54) is 19.5 Å². The first-order chi connectivity index (χ1) is 19.0. The predicted molar refractivity (Wildman–Crippen MR) is 146 cm³/mol. The van der Waals surface area contributed by atoms with Crippen molar-refractivity contribution < 1.29 is 19.1 Å². The topological polar surface area (TPSA) is 125 Å². The van der Waals surface area contributed by atoms with Crippen LogP contribution in [0.2, 0.25) is 0 Å². The SMILES string of the molecule is C#Cc1cccc(Oc2ccc(-c3nn([C@@H]4CCCN(C(=O)/C=C/C(=O)OC)C4)c4ncnc(N)c34)cc2)c1. The Labute approximate surface area is 225 Å². The summed E-state index contributed by atoms with van der Waals surface area (Å²) in [7, 11) is 1.27. The summed E-state index contributed by atoms with van der Waals surface area (Å²) < 4.78 is 12.4. The molecule has 2 aromatic carbocycles. The molecular weight excluding hydrogens is 496 g/mol. The van der Waals surface area contributed by atoms with E-state index < -0.39 is 5.97 Å². The van der Waals surface area contributed by atoms with Crippen LogP contribution in [0.3, 0.4) is 0 Å². The van der Waals surface area contributed by atoms with E-state index in [-0.39, 0.29) is 11.9 Å². The minimum atomic E-state index is -0.579. The normalized spacial score (nSPS) is 15.3. The number of rotatable bonds is 6. The molecule has 1 atom stereocenters. The maximum atomic E-state index is 12.7. The number of nitrogen functional groups attached to an aromatic ring is 1. The lowest BCUT2D eigenvalue weighted by Crippen LogP contribution is -2.40. The fraction of sp³-hybridized carbons (Fsp3) is 0.207. The first-order valence-corrected chi connectivity index (χ1v) is 12.4. The third kappa shape index (κ3) is 5.43. The molecule has 1 fully saturated rings. The zero-order valence-electron chi connectivity index (χ0n) is 21.3. The number of hydrogen-bond donors (Lipinski definition) is 1. The van der Waals surface area contributed by atoms with Gasteiger partial charge in [0, 0.05) is 36.4 Å². The van der Waals surface area contributed by atoms with Crippen molar-refractivity contribution in [2.75, 3.05) is 25.9 Å². The average molecular weight is 523 g/mol. The van der Waals surface area contributed by atoms with Crippen molar-refractivity contribution >= 4 is 28.7 Å². The molecule has 4 aromatic rings. The Morgan fingerprint density at radius 3 is 2.72 bits per heavy atom. The first kappa shape index (κ1) is 25.5. The summed E-state index contributed by atoms with van der Waals surface area (Å²) in [4.78, 5) is 34.4. The second kappa shape index (κ2) is 11.1. The molecule has 39 heavy (non-hydrogen) atoms. The molecule has 1 amide bonds. The van der Waals surface area contributed by atoms with Gasteiger partial charge in [-0.25, -0.2) is 19.4 Å². The van der Waals surface area contributed by atoms with Crippen LogP contribution in [0.15, 0.2) is 67.0 Å². The second-order valence-corrected chi connectivity index (χ2v) is 8.99.